The number of nitrogens with zero attached hydrogens (tertiary/aromatic N) is 1. The van der Waals surface area contributed by atoms with Crippen LogP contribution in [0.3, 0.4) is 0 Å². The number of fused-ring (bicyclic) bond motifs is 1. The van der Waals surface area contributed by atoms with Gasteiger partial charge in [-0.3, -0.25) is 4.79 Å². The first-order valence-electron chi connectivity index (χ1n) is 8.09. The molecule has 1 aliphatic rings. The third-order valence-corrected chi connectivity index (χ3v) is 4.20. The van der Waals surface area contributed by atoms with Gasteiger partial charge in [0.1, 0.15) is 13.2 Å². The van der Waals surface area contributed by atoms with Gasteiger partial charge in [0.15, 0.2) is 18.1 Å². The van der Waals surface area contributed by atoms with Gasteiger partial charge >= 0.3 is 5.97 Å². The van der Waals surface area contributed by atoms with Crippen molar-refractivity contribution in [3.05, 3.63) is 58.6 Å². The second-order valence-electron chi connectivity index (χ2n) is 5.78. The third kappa shape index (κ3) is 4.26. The van der Waals surface area contributed by atoms with Crippen molar-refractivity contribution in [1.82, 2.24) is 4.90 Å². The molecule has 0 spiro atoms. The van der Waals surface area contributed by atoms with E-state index in [4.69, 9.17) is 25.8 Å². The highest BCUT2D eigenvalue weighted by atomic mass is 35.5. The van der Waals surface area contributed by atoms with Gasteiger partial charge in [-0.05, 0) is 29.8 Å². The predicted molar refractivity (Wildman–Crippen MR) is 95.6 cm³/mol. The molecule has 0 N–H and O–H groups in total. The Kier molecular flexibility index (Phi) is 5.63. The molecule has 2 aromatic rings. The van der Waals surface area contributed by atoms with E-state index in [2.05, 4.69) is 0 Å². The third-order valence-electron chi connectivity index (χ3n) is 3.87. The van der Waals surface area contributed by atoms with Crippen LogP contribution in [0.5, 0.6) is 11.5 Å². The first-order valence-corrected chi connectivity index (χ1v) is 8.46. The van der Waals surface area contributed by atoms with Gasteiger partial charge in [-0.1, -0.05) is 29.8 Å². The summed E-state index contributed by atoms with van der Waals surface area (Å²) in [6, 6.07) is 12.1. The number of carbonyl (C=O) groups excluding carboxylic acids is 2. The summed E-state index contributed by atoms with van der Waals surface area (Å²) in [6.45, 7) is 1.04. The maximum atomic E-state index is 12.2. The second-order valence-corrected chi connectivity index (χ2v) is 6.19. The van der Waals surface area contributed by atoms with Crippen LogP contribution in [0.2, 0.25) is 5.02 Å². The molecule has 0 saturated carbocycles. The average Bonchev–Trinajstić information content (AvgIpc) is 2.66. The summed E-state index contributed by atoms with van der Waals surface area (Å²) in [5, 5.41) is 0.287. The molecule has 0 saturated heterocycles. The Balaban J connectivity index is 1.55. The number of carbonyl (C=O) groups is 2. The van der Waals surface area contributed by atoms with E-state index in [1.54, 1.807) is 31.3 Å². The van der Waals surface area contributed by atoms with Gasteiger partial charge in [0.2, 0.25) is 0 Å². The summed E-state index contributed by atoms with van der Waals surface area (Å²) in [7, 11) is 1.64. The van der Waals surface area contributed by atoms with Crippen LogP contribution in [0.25, 0.3) is 0 Å². The SMILES string of the molecule is CN(Cc1ccc2c(c1)OCCO2)C(=O)COC(=O)c1ccccc1Cl. The maximum Gasteiger partial charge on any atom is 0.340 e. The molecule has 1 heterocycles. The number of hydrogen-bond donors (Lipinski definition) is 0. The minimum absolute atomic E-state index is 0.233. The van der Waals surface area contributed by atoms with E-state index in [0.717, 1.165) is 5.56 Å². The number of ether oxygens (including phenoxy) is 3. The van der Waals surface area contributed by atoms with Crippen LogP contribution in [0.1, 0.15) is 15.9 Å². The molecule has 0 fully saturated rings. The van der Waals surface area contributed by atoms with E-state index < -0.39 is 5.97 Å². The number of rotatable bonds is 5. The van der Waals surface area contributed by atoms with Crippen LogP contribution in [0, 0.1) is 0 Å². The van der Waals surface area contributed by atoms with Gasteiger partial charge in [-0.15, -0.1) is 0 Å². The molecular formula is C19H18ClNO5. The minimum Gasteiger partial charge on any atom is -0.486 e. The van der Waals surface area contributed by atoms with Gasteiger partial charge in [-0.2, -0.15) is 0 Å². The molecule has 7 heteroatoms. The average molecular weight is 376 g/mol. The number of likely N-dealkylation sites (N-methyl/N-ethyl adjacent to an activating group) is 1. The lowest BCUT2D eigenvalue weighted by Gasteiger charge is -2.21. The fourth-order valence-electron chi connectivity index (χ4n) is 2.49. The van der Waals surface area contributed by atoms with E-state index in [-0.39, 0.29) is 23.1 Å². The molecule has 0 aliphatic carbocycles. The zero-order chi connectivity index (χ0) is 18.5. The summed E-state index contributed by atoms with van der Waals surface area (Å²) in [4.78, 5) is 25.7. The normalized spacial score (nSPS) is 12.4. The molecule has 6 nitrogen and oxygen atoms in total. The van der Waals surface area contributed by atoms with Crippen molar-refractivity contribution in [2.24, 2.45) is 0 Å². The smallest absolute Gasteiger partial charge is 0.340 e. The molecule has 136 valence electrons. The highest BCUT2D eigenvalue weighted by Gasteiger charge is 2.17. The largest absolute Gasteiger partial charge is 0.486 e. The Labute approximate surface area is 156 Å². The van der Waals surface area contributed by atoms with Crippen molar-refractivity contribution >= 4 is 23.5 Å². The lowest BCUT2D eigenvalue weighted by atomic mass is 10.2. The number of benzene rings is 2. The lowest BCUT2D eigenvalue weighted by molar-refractivity contribution is -0.133. The van der Waals surface area contributed by atoms with Crippen molar-refractivity contribution in [1.29, 1.82) is 0 Å². The second kappa shape index (κ2) is 8.10. The Hall–Kier alpha value is -2.73. The molecule has 0 radical (unpaired) electrons. The van der Waals surface area contributed by atoms with Gasteiger partial charge in [0.25, 0.3) is 5.91 Å². The molecule has 2 aromatic carbocycles. The van der Waals surface area contributed by atoms with Gasteiger partial charge in [0.05, 0.1) is 10.6 Å². The predicted octanol–water partition coefficient (Wildman–Crippen LogP) is 2.93. The monoisotopic (exact) mass is 375 g/mol. The topological polar surface area (TPSA) is 65.1 Å². The molecule has 26 heavy (non-hydrogen) atoms. The highest BCUT2D eigenvalue weighted by molar-refractivity contribution is 6.33. The number of esters is 1. The molecule has 0 aromatic heterocycles. The van der Waals surface area contributed by atoms with Crippen LogP contribution < -0.4 is 9.47 Å². The van der Waals surface area contributed by atoms with Gasteiger partial charge in [0, 0.05) is 13.6 Å². The minimum atomic E-state index is -0.628. The van der Waals surface area contributed by atoms with Crippen molar-refractivity contribution in [2.45, 2.75) is 6.54 Å². The maximum absolute atomic E-state index is 12.2. The molecule has 0 unspecified atom stereocenters. The fraction of sp³-hybridized carbons (Fsp3) is 0.263. The Morgan fingerprint density at radius 1 is 1.12 bits per heavy atom. The number of amides is 1. The molecule has 0 atom stereocenters. The van der Waals surface area contributed by atoms with Crippen LogP contribution in [-0.4, -0.2) is 43.6 Å². The highest BCUT2D eigenvalue weighted by Crippen LogP contribution is 2.31. The Morgan fingerprint density at radius 2 is 1.85 bits per heavy atom. The van der Waals surface area contributed by atoms with Gasteiger partial charge < -0.3 is 19.1 Å². The Morgan fingerprint density at radius 3 is 2.62 bits per heavy atom. The van der Waals surface area contributed by atoms with Crippen molar-refractivity contribution < 1.29 is 23.8 Å². The molecule has 3 rings (SSSR count). The lowest BCUT2D eigenvalue weighted by Crippen LogP contribution is -2.31. The summed E-state index contributed by atoms with van der Waals surface area (Å²) in [5.74, 6) is 0.416. The van der Waals surface area contributed by atoms with E-state index in [1.165, 1.54) is 4.90 Å². The van der Waals surface area contributed by atoms with Crippen molar-refractivity contribution in [3.8, 4) is 11.5 Å². The van der Waals surface area contributed by atoms with Gasteiger partial charge in [-0.25, -0.2) is 4.79 Å². The van der Waals surface area contributed by atoms with E-state index in [1.807, 2.05) is 18.2 Å². The van der Waals surface area contributed by atoms with Crippen molar-refractivity contribution in [2.75, 3.05) is 26.9 Å². The van der Waals surface area contributed by atoms with Crippen LogP contribution in [-0.2, 0) is 16.1 Å². The molecular weight excluding hydrogens is 358 g/mol. The van der Waals surface area contributed by atoms with Crippen LogP contribution in [0.4, 0.5) is 0 Å². The number of halogens is 1. The van der Waals surface area contributed by atoms with Crippen LogP contribution in [0.15, 0.2) is 42.5 Å². The summed E-state index contributed by atoms with van der Waals surface area (Å²) in [5.41, 5.74) is 1.12. The molecule has 1 amide bonds. The zero-order valence-electron chi connectivity index (χ0n) is 14.2. The molecule has 0 bridgehead atoms. The summed E-state index contributed by atoms with van der Waals surface area (Å²) >= 11 is 5.94. The number of hydrogen-bond acceptors (Lipinski definition) is 5. The molecule has 1 aliphatic heterocycles. The standard InChI is InChI=1S/C19H18ClNO5/c1-21(11-13-6-7-16-17(10-13)25-9-8-24-16)18(22)12-26-19(23)14-4-2-3-5-15(14)20/h2-7,10H,8-9,11-12H2,1H3. The van der Waals surface area contributed by atoms with Crippen LogP contribution >= 0.6 is 11.6 Å². The fourth-order valence-corrected chi connectivity index (χ4v) is 2.70. The van der Waals surface area contributed by atoms with Crippen molar-refractivity contribution in [3.63, 3.8) is 0 Å². The van der Waals surface area contributed by atoms with E-state index in [0.29, 0.717) is 31.3 Å². The zero-order valence-corrected chi connectivity index (χ0v) is 15.0. The van der Waals surface area contributed by atoms with E-state index in [9.17, 15) is 9.59 Å². The Bertz CT molecular complexity index is 823. The first-order chi connectivity index (χ1) is 12.5. The van der Waals surface area contributed by atoms with E-state index >= 15 is 0 Å². The first kappa shape index (κ1) is 18.1. The summed E-state index contributed by atoms with van der Waals surface area (Å²) < 4.78 is 16.1. The summed E-state index contributed by atoms with van der Waals surface area (Å²) in [6.07, 6.45) is 0. The quantitative estimate of drug-likeness (QED) is 0.752.